The molecule has 20 heavy (non-hydrogen) atoms. The number of amides is 1. The average molecular weight is 280 g/mol. The molecular formula is C16H25FN2O. The van der Waals surface area contributed by atoms with Crippen molar-refractivity contribution in [3.63, 3.8) is 0 Å². The molecule has 2 unspecified atom stereocenters. The third kappa shape index (κ3) is 4.93. The molecule has 1 amide bonds. The lowest BCUT2D eigenvalue weighted by Crippen LogP contribution is -2.29. The van der Waals surface area contributed by atoms with Crippen LogP contribution in [0.5, 0.6) is 0 Å². The van der Waals surface area contributed by atoms with E-state index in [1.165, 1.54) is 12.1 Å². The molecule has 0 heterocycles. The number of benzene rings is 1. The summed E-state index contributed by atoms with van der Waals surface area (Å²) in [6.45, 7) is 4.73. The van der Waals surface area contributed by atoms with Crippen LogP contribution < -0.4 is 5.73 Å². The minimum absolute atomic E-state index is 0.0482. The monoisotopic (exact) mass is 280 g/mol. The third-order valence-corrected chi connectivity index (χ3v) is 3.84. The maximum atomic E-state index is 12.9. The van der Waals surface area contributed by atoms with E-state index in [0.717, 1.165) is 18.4 Å². The lowest BCUT2D eigenvalue weighted by molar-refractivity contribution is -0.132. The summed E-state index contributed by atoms with van der Waals surface area (Å²) in [5, 5.41) is 0. The van der Waals surface area contributed by atoms with Gasteiger partial charge in [-0.15, -0.1) is 0 Å². The Labute approximate surface area is 121 Å². The van der Waals surface area contributed by atoms with E-state index >= 15 is 0 Å². The van der Waals surface area contributed by atoms with Crippen LogP contribution in [0.2, 0.25) is 0 Å². The van der Waals surface area contributed by atoms with Gasteiger partial charge in [0, 0.05) is 13.5 Å². The SMILES string of the molecule is CC(CCN)CCC(=O)N(C)C(C)c1ccc(F)cc1. The standard InChI is InChI=1S/C16H25FN2O/c1-12(10-11-18)4-9-16(20)19(3)13(2)14-5-7-15(17)8-6-14/h5-8,12-13H,4,9-11,18H2,1-3H3. The molecule has 1 rings (SSSR count). The van der Waals surface area contributed by atoms with Crippen LogP contribution in [0.3, 0.4) is 0 Å². The number of carbonyl (C=O) groups is 1. The Balaban J connectivity index is 2.53. The summed E-state index contributed by atoms with van der Waals surface area (Å²) in [6.07, 6.45) is 2.34. The molecule has 4 heteroatoms. The molecule has 0 bridgehead atoms. The Kier molecular flexibility index (Phi) is 6.65. The van der Waals surface area contributed by atoms with E-state index in [2.05, 4.69) is 6.92 Å². The summed E-state index contributed by atoms with van der Waals surface area (Å²) < 4.78 is 12.9. The lowest BCUT2D eigenvalue weighted by atomic mass is 10.0. The minimum atomic E-state index is -0.259. The van der Waals surface area contributed by atoms with Crippen molar-refractivity contribution in [2.45, 2.75) is 39.2 Å². The van der Waals surface area contributed by atoms with Crippen molar-refractivity contribution in [1.29, 1.82) is 0 Å². The summed E-state index contributed by atoms with van der Waals surface area (Å²) in [4.78, 5) is 13.9. The molecule has 0 aliphatic rings. The van der Waals surface area contributed by atoms with Crippen molar-refractivity contribution in [3.8, 4) is 0 Å². The predicted molar refractivity (Wildman–Crippen MR) is 79.7 cm³/mol. The number of nitrogens with two attached hydrogens (primary N) is 1. The highest BCUT2D eigenvalue weighted by Gasteiger charge is 2.17. The lowest BCUT2D eigenvalue weighted by Gasteiger charge is -2.26. The molecule has 0 radical (unpaired) electrons. The number of rotatable bonds is 7. The number of carbonyl (C=O) groups excluding carboxylic acids is 1. The Morgan fingerprint density at radius 3 is 2.40 bits per heavy atom. The summed E-state index contributed by atoms with van der Waals surface area (Å²) in [7, 11) is 1.80. The Bertz CT molecular complexity index is 419. The Hall–Kier alpha value is -1.42. The normalized spacial score (nSPS) is 13.8. The third-order valence-electron chi connectivity index (χ3n) is 3.84. The molecule has 0 fully saturated rings. The zero-order chi connectivity index (χ0) is 15.1. The van der Waals surface area contributed by atoms with Crippen LogP contribution in [0, 0.1) is 11.7 Å². The highest BCUT2D eigenvalue weighted by Crippen LogP contribution is 2.21. The first-order valence-electron chi connectivity index (χ1n) is 7.17. The number of hydrogen-bond acceptors (Lipinski definition) is 2. The van der Waals surface area contributed by atoms with Crippen molar-refractivity contribution in [2.75, 3.05) is 13.6 Å². The number of hydrogen-bond donors (Lipinski definition) is 1. The summed E-state index contributed by atoms with van der Waals surface area (Å²) in [6, 6.07) is 6.25. The van der Waals surface area contributed by atoms with E-state index in [4.69, 9.17) is 5.73 Å². The van der Waals surface area contributed by atoms with E-state index in [9.17, 15) is 9.18 Å². The van der Waals surface area contributed by atoms with Gasteiger partial charge in [-0.25, -0.2) is 4.39 Å². The van der Waals surface area contributed by atoms with Crippen LogP contribution in [0.25, 0.3) is 0 Å². The zero-order valence-electron chi connectivity index (χ0n) is 12.6. The molecule has 0 spiro atoms. The van der Waals surface area contributed by atoms with Crippen LogP contribution in [-0.4, -0.2) is 24.4 Å². The van der Waals surface area contributed by atoms with Gasteiger partial charge in [0.05, 0.1) is 6.04 Å². The summed E-state index contributed by atoms with van der Waals surface area (Å²) in [5.74, 6) is 0.328. The topological polar surface area (TPSA) is 46.3 Å². The van der Waals surface area contributed by atoms with Crippen molar-refractivity contribution < 1.29 is 9.18 Å². The molecule has 0 aromatic heterocycles. The van der Waals surface area contributed by atoms with Crippen molar-refractivity contribution in [1.82, 2.24) is 4.90 Å². The second-order valence-corrected chi connectivity index (χ2v) is 5.45. The van der Waals surface area contributed by atoms with Gasteiger partial charge in [-0.2, -0.15) is 0 Å². The van der Waals surface area contributed by atoms with E-state index in [1.807, 2.05) is 6.92 Å². The van der Waals surface area contributed by atoms with Crippen LogP contribution in [-0.2, 0) is 4.79 Å². The van der Waals surface area contributed by atoms with E-state index < -0.39 is 0 Å². The van der Waals surface area contributed by atoms with E-state index in [-0.39, 0.29) is 17.8 Å². The summed E-state index contributed by atoms with van der Waals surface area (Å²) >= 11 is 0. The molecule has 112 valence electrons. The molecule has 1 aromatic rings. The van der Waals surface area contributed by atoms with Gasteiger partial charge in [-0.05, 0) is 49.9 Å². The quantitative estimate of drug-likeness (QED) is 0.834. The molecule has 0 aliphatic carbocycles. The first kappa shape index (κ1) is 16.6. The molecule has 3 nitrogen and oxygen atoms in total. The van der Waals surface area contributed by atoms with Crippen LogP contribution in [0.4, 0.5) is 4.39 Å². The smallest absolute Gasteiger partial charge is 0.222 e. The van der Waals surface area contributed by atoms with Gasteiger partial charge in [0.15, 0.2) is 0 Å². The number of nitrogens with zero attached hydrogens (tertiary/aromatic N) is 1. The van der Waals surface area contributed by atoms with Crippen LogP contribution >= 0.6 is 0 Å². The van der Waals surface area contributed by atoms with Crippen molar-refractivity contribution >= 4 is 5.91 Å². The molecule has 1 aromatic carbocycles. The van der Waals surface area contributed by atoms with Gasteiger partial charge < -0.3 is 10.6 Å². The molecule has 0 aliphatic heterocycles. The zero-order valence-corrected chi connectivity index (χ0v) is 12.6. The maximum Gasteiger partial charge on any atom is 0.222 e. The largest absolute Gasteiger partial charge is 0.339 e. The first-order valence-corrected chi connectivity index (χ1v) is 7.17. The second kappa shape index (κ2) is 8.00. The van der Waals surface area contributed by atoms with Crippen LogP contribution in [0.1, 0.15) is 44.7 Å². The molecule has 2 atom stereocenters. The maximum absolute atomic E-state index is 12.9. The van der Waals surface area contributed by atoms with Crippen molar-refractivity contribution in [3.05, 3.63) is 35.6 Å². The van der Waals surface area contributed by atoms with Gasteiger partial charge in [0.25, 0.3) is 0 Å². The Morgan fingerprint density at radius 2 is 1.85 bits per heavy atom. The highest BCUT2D eigenvalue weighted by atomic mass is 19.1. The molecular weight excluding hydrogens is 255 g/mol. The highest BCUT2D eigenvalue weighted by molar-refractivity contribution is 5.76. The fourth-order valence-electron chi connectivity index (χ4n) is 2.16. The average Bonchev–Trinajstić information content (AvgIpc) is 2.44. The second-order valence-electron chi connectivity index (χ2n) is 5.45. The number of halogens is 1. The summed E-state index contributed by atoms with van der Waals surface area (Å²) in [5.41, 5.74) is 6.45. The van der Waals surface area contributed by atoms with Crippen LogP contribution in [0.15, 0.2) is 24.3 Å². The molecule has 0 saturated heterocycles. The van der Waals surface area contributed by atoms with E-state index in [0.29, 0.717) is 18.9 Å². The van der Waals surface area contributed by atoms with Gasteiger partial charge in [0.1, 0.15) is 5.82 Å². The molecule has 2 N–H and O–H groups in total. The minimum Gasteiger partial charge on any atom is -0.339 e. The molecule has 0 saturated carbocycles. The predicted octanol–water partition coefficient (Wildman–Crippen LogP) is 3.11. The van der Waals surface area contributed by atoms with Gasteiger partial charge in [-0.3, -0.25) is 4.79 Å². The van der Waals surface area contributed by atoms with E-state index in [1.54, 1.807) is 24.1 Å². The van der Waals surface area contributed by atoms with Gasteiger partial charge >= 0.3 is 0 Å². The van der Waals surface area contributed by atoms with Gasteiger partial charge in [-0.1, -0.05) is 19.1 Å². The van der Waals surface area contributed by atoms with Gasteiger partial charge in [0.2, 0.25) is 5.91 Å². The Morgan fingerprint density at radius 1 is 1.25 bits per heavy atom. The fraction of sp³-hybridized carbons (Fsp3) is 0.562. The van der Waals surface area contributed by atoms with Crippen molar-refractivity contribution in [2.24, 2.45) is 11.7 Å². The fourth-order valence-corrected chi connectivity index (χ4v) is 2.16. The first-order chi connectivity index (χ1) is 9.45.